The van der Waals surface area contributed by atoms with E-state index >= 15 is 0 Å². The zero-order chi connectivity index (χ0) is 17.2. The Labute approximate surface area is 129 Å². The van der Waals surface area contributed by atoms with Crippen molar-refractivity contribution in [3.63, 3.8) is 0 Å². The highest BCUT2D eigenvalue weighted by Crippen LogP contribution is 2.15. The number of rotatable bonds is 4. The molecule has 0 aliphatic heterocycles. The first-order valence-corrected chi connectivity index (χ1v) is 6.70. The largest absolute Gasteiger partial charge is 0.471 e. The summed E-state index contributed by atoms with van der Waals surface area (Å²) in [7, 11) is 1.58. The Bertz CT molecular complexity index is 763. The maximum atomic E-state index is 12.2. The first-order valence-electron chi connectivity index (χ1n) is 6.70. The fourth-order valence-corrected chi connectivity index (χ4v) is 2.22. The van der Waals surface area contributed by atoms with Crippen LogP contribution in [0.1, 0.15) is 5.69 Å². The van der Waals surface area contributed by atoms with Crippen molar-refractivity contribution >= 4 is 11.6 Å². The van der Waals surface area contributed by atoms with E-state index in [-0.39, 0.29) is 18.7 Å². The number of halogens is 3. The van der Waals surface area contributed by atoms with E-state index in [9.17, 15) is 22.8 Å². The lowest BCUT2D eigenvalue weighted by atomic mass is 10.2. The van der Waals surface area contributed by atoms with E-state index in [0.717, 1.165) is 0 Å². The third-order valence-corrected chi connectivity index (χ3v) is 3.33. The van der Waals surface area contributed by atoms with Gasteiger partial charge in [-0.1, -0.05) is 18.2 Å². The van der Waals surface area contributed by atoms with Gasteiger partial charge in [0, 0.05) is 20.0 Å². The predicted octanol–water partition coefficient (Wildman–Crippen LogP) is 0.979. The molecule has 0 bridgehead atoms. The van der Waals surface area contributed by atoms with Crippen molar-refractivity contribution in [1.82, 2.24) is 14.7 Å². The average molecular weight is 328 g/mol. The second-order valence-corrected chi connectivity index (χ2v) is 4.84. The molecule has 0 fully saturated rings. The second-order valence-electron chi connectivity index (χ2n) is 4.84. The molecular weight excluding hydrogens is 313 g/mol. The summed E-state index contributed by atoms with van der Waals surface area (Å²) in [5, 5.41) is 1.75. The maximum Gasteiger partial charge on any atom is 0.471 e. The summed E-state index contributed by atoms with van der Waals surface area (Å²) in [6.07, 6.45) is -4.94. The van der Waals surface area contributed by atoms with E-state index in [1.165, 1.54) is 9.36 Å². The molecular formula is C14H15F3N4O2. The van der Waals surface area contributed by atoms with Crippen molar-refractivity contribution in [3.05, 3.63) is 46.4 Å². The SMILES string of the molecule is Cn1c(CCNC(=O)C(F)(F)F)c(N)c(=O)n1-c1ccccc1. The number of benzene rings is 1. The number of carbonyl (C=O) groups is 1. The molecule has 0 aliphatic rings. The van der Waals surface area contributed by atoms with Crippen LogP contribution in [0.15, 0.2) is 35.1 Å². The number of anilines is 1. The predicted molar refractivity (Wildman–Crippen MR) is 78.2 cm³/mol. The molecule has 1 aromatic heterocycles. The third kappa shape index (κ3) is 3.38. The molecule has 2 rings (SSSR count). The van der Waals surface area contributed by atoms with Gasteiger partial charge in [-0.15, -0.1) is 0 Å². The lowest BCUT2D eigenvalue weighted by molar-refractivity contribution is -0.173. The smallest absolute Gasteiger partial charge is 0.393 e. The van der Waals surface area contributed by atoms with Crippen LogP contribution < -0.4 is 16.6 Å². The summed E-state index contributed by atoms with van der Waals surface area (Å²) in [6.45, 7) is -0.283. The fourth-order valence-electron chi connectivity index (χ4n) is 2.22. The normalized spacial score (nSPS) is 11.5. The highest BCUT2D eigenvalue weighted by molar-refractivity contribution is 5.81. The highest BCUT2D eigenvalue weighted by atomic mass is 19.4. The lowest BCUT2D eigenvalue weighted by Gasteiger charge is -2.11. The number of alkyl halides is 3. The van der Waals surface area contributed by atoms with E-state index in [2.05, 4.69) is 0 Å². The molecule has 1 aromatic carbocycles. The number of carbonyl (C=O) groups excluding carboxylic acids is 1. The van der Waals surface area contributed by atoms with Crippen LogP contribution in [-0.2, 0) is 18.3 Å². The number of nitrogens with one attached hydrogen (secondary N) is 1. The Hall–Kier alpha value is -2.71. The van der Waals surface area contributed by atoms with E-state index in [4.69, 9.17) is 5.73 Å². The van der Waals surface area contributed by atoms with Gasteiger partial charge in [0.1, 0.15) is 5.69 Å². The summed E-state index contributed by atoms with van der Waals surface area (Å²) >= 11 is 0. The first-order chi connectivity index (χ1) is 10.7. The van der Waals surface area contributed by atoms with Crippen LogP contribution in [0.2, 0.25) is 0 Å². The Kier molecular flexibility index (Phi) is 4.48. The fraction of sp³-hybridized carbons (Fsp3) is 0.286. The quantitative estimate of drug-likeness (QED) is 0.878. The number of aromatic nitrogens is 2. The summed E-state index contributed by atoms with van der Waals surface area (Å²) in [4.78, 5) is 23.0. The van der Waals surface area contributed by atoms with Crippen molar-refractivity contribution in [3.8, 4) is 5.69 Å². The molecule has 0 saturated carbocycles. The van der Waals surface area contributed by atoms with Gasteiger partial charge in [-0.25, -0.2) is 4.68 Å². The van der Waals surface area contributed by atoms with Crippen LogP contribution in [0.3, 0.4) is 0 Å². The second kappa shape index (κ2) is 6.19. The standard InChI is InChI=1S/C14H15F3N4O2/c1-20-10(7-8-19-13(23)14(15,16)17)11(18)12(22)21(20)9-5-3-2-4-6-9/h2-6H,7-8,18H2,1H3,(H,19,23). The molecule has 9 heteroatoms. The Balaban J connectivity index is 2.22. The molecule has 0 saturated heterocycles. The van der Waals surface area contributed by atoms with Gasteiger partial charge in [-0.2, -0.15) is 13.2 Å². The molecule has 0 atom stereocenters. The summed E-state index contributed by atoms with van der Waals surface area (Å²) in [5.74, 6) is -2.02. The van der Waals surface area contributed by atoms with Crippen LogP contribution in [0.4, 0.5) is 18.9 Å². The van der Waals surface area contributed by atoms with Crippen LogP contribution in [0.25, 0.3) is 5.69 Å². The van der Waals surface area contributed by atoms with E-state index in [0.29, 0.717) is 11.4 Å². The minimum Gasteiger partial charge on any atom is -0.393 e. The van der Waals surface area contributed by atoms with Gasteiger partial charge in [0.25, 0.3) is 5.56 Å². The van der Waals surface area contributed by atoms with Gasteiger partial charge in [0.2, 0.25) is 0 Å². The molecule has 124 valence electrons. The van der Waals surface area contributed by atoms with Gasteiger partial charge in [0.05, 0.1) is 11.4 Å². The Morgan fingerprint density at radius 1 is 1.26 bits per heavy atom. The molecule has 0 aliphatic carbocycles. The van der Waals surface area contributed by atoms with Gasteiger partial charge < -0.3 is 11.1 Å². The van der Waals surface area contributed by atoms with E-state index in [1.54, 1.807) is 42.7 Å². The maximum absolute atomic E-state index is 12.2. The van der Waals surface area contributed by atoms with Crippen LogP contribution in [0, 0.1) is 0 Å². The highest BCUT2D eigenvalue weighted by Gasteiger charge is 2.38. The molecule has 0 spiro atoms. The molecule has 23 heavy (non-hydrogen) atoms. The van der Waals surface area contributed by atoms with Gasteiger partial charge >= 0.3 is 12.1 Å². The number of amides is 1. The van der Waals surface area contributed by atoms with Crippen LogP contribution in [0.5, 0.6) is 0 Å². The average Bonchev–Trinajstić information content (AvgIpc) is 2.70. The van der Waals surface area contributed by atoms with Gasteiger partial charge in [0.15, 0.2) is 0 Å². The van der Waals surface area contributed by atoms with Crippen molar-refractivity contribution < 1.29 is 18.0 Å². The van der Waals surface area contributed by atoms with Crippen molar-refractivity contribution in [2.45, 2.75) is 12.6 Å². The van der Waals surface area contributed by atoms with Gasteiger partial charge in [-0.3, -0.25) is 14.3 Å². The minimum absolute atomic E-state index is 0.000767. The van der Waals surface area contributed by atoms with Crippen LogP contribution in [-0.4, -0.2) is 28.0 Å². The number of hydrogen-bond acceptors (Lipinski definition) is 3. The topological polar surface area (TPSA) is 82.1 Å². The third-order valence-electron chi connectivity index (χ3n) is 3.33. The van der Waals surface area contributed by atoms with E-state index < -0.39 is 17.6 Å². The number of hydrogen-bond donors (Lipinski definition) is 2. The first kappa shape index (κ1) is 16.7. The van der Waals surface area contributed by atoms with Gasteiger partial charge in [-0.05, 0) is 12.1 Å². The Morgan fingerprint density at radius 2 is 1.87 bits per heavy atom. The monoisotopic (exact) mass is 328 g/mol. The molecule has 1 amide bonds. The number of para-hydroxylation sites is 1. The van der Waals surface area contributed by atoms with Crippen molar-refractivity contribution in [1.29, 1.82) is 0 Å². The molecule has 1 heterocycles. The summed E-state index contributed by atoms with van der Waals surface area (Å²) < 4.78 is 39.2. The molecule has 6 nitrogen and oxygen atoms in total. The summed E-state index contributed by atoms with van der Waals surface area (Å²) in [5.41, 5.74) is 6.16. The van der Waals surface area contributed by atoms with Crippen molar-refractivity contribution in [2.24, 2.45) is 7.05 Å². The Morgan fingerprint density at radius 3 is 2.43 bits per heavy atom. The number of nitrogen functional groups attached to an aromatic ring is 1. The summed E-state index contributed by atoms with van der Waals surface area (Å²) in [6, 6.07) is 8.68. The van der Waals surface area contributed by atoms with E-state index in [1.807, 2.05) is 0 Å². The molecule has 0 radical (unpaired) electrons. The molecule has 0 unspecified atom stereocenters. The number of nitrogens with two attached hydrogens (primary N) is 1. The zero-order valence-corrected chi connectivity index (χ0v) is 12.2. The van der Waals surface area contributed by atoms with Crippen LogP contribution >= 0.6 is 0 Å². The minimum atomic E-state index is -4.94. The molecule has 3 N–H and O–H groups in total. The zero-order valence-electron chi connectivity index (χ0n) is 12.2. The molecule has 2 aromatic rings. The number of nitrogens with zero attached hydrogens (tertiary/aromatic N) is 2. The lowest BCUT2D eigenvalue weighted by Crippen LogP contribution is -2.38. The van der Waals surface area contributed by atoms with Crippen molar-refractivity contribution in [2.75, 3.05) is 12.3 Å².